The average Bonchev–Trinajstić information content (AvgIpc) is 3.09. The van der Waals surface area contributed by atoms with Gasteiger partial charge in [0, 0.05) is 12.2 Å². The van der Waals surface area contributed by atoms with E-state index in [1.807, 2.05) is 67.6 Å². The van der Waals surface area contributed by atoms with E-state index >= 15 is 0 Å². The van der Waals surface area contributed by atoms with Crippen LogP contribution in [0, 0.1) is 6.92 Å². The van der Waals surface area contributed by atoms with Gasteiger partial charge < -0.3 is 10.2 Å². The normalized spacial score (nSPS) is 15.7. The molecule has 0 spiro atoms. The van der Waals surface area contributed by atoms with Crippen molar-refractivity contribution in [1.82, 2.24) is 4.90 Å². The molecule has 0 saturated carbocycles. The van der Waals surface area contributed by atoms with E-state index in [2.05, 4.69) is 5.32 Å². The smallest absolute Gasteiger partial charge is 0.312 e. The number of urea groups is 1. The molecule has 6 heteroatoms. The molecule has 1 saturated heterocycles. The van der Waals surface area contributed by atoms with E-state index in [0.29, 0.717) is 24.3 Å². The molecule has 1 N–H and O–H groups in total. The molecule has 0 bridgehead atoms. The summed E-state index contributed by atoms with van der Waals surface area (Å²) in [6.07, 6.45) is 0.537. The molecule has 1 aliphatic rings. The molecule has 4 amide bonds. The summed E-state index contributed by atoms with van der Waals surface area (Å²) < 4.78 is 0. The number of carbonyl (C=O) groups is 3. The molecule has 1 heterocycles. The van der Waals surface area contributed by atoms with Gasteiger partial charge in [0.15, 0.2) is 0 Å². The highest BCUT2D eigenvalue weighted by molar-refractivity contribution is 6.23. The predicted molar refractivity (Wildman–Crippen MR) is 124 cm³/mol. The fraction of sp³-hybridized carbons (Fsp3) is 0.192. The van der Waals surface area contributed by atoms with Crippen LogP contribution >= 0.6 is 0 Å². The fourth-order valence-electron chi connectivity index (χ4n) is 3.83. The third kappa shape index (κ3) is 4.70. The SMILES string of the molecule is Cc1ccc(N2C(=O)C[C@H](N(CCc3ccccc3)C(=O)Nc3ccccc3)C2=O)cc1. The first-order chi connectivity index (χ1) is 15.5. The van der Waals surface area contributed by atoms with Crippen LogP contribution in [0.25, 0.3) is 0 Å². The second-order valence-electron chi connectivity index (χ2n) is 7.85. The highest BCUT2D eigenvalue weighted by Gasteiger charge is 2.44. The van der Waals surface area contributed by atoms with Gasteiger partial charge in [-0.05, 0) is 43.2 Å². The lowest BCUT2D eigenvalue weighted by molar-refractivity contribution is -0.122. The number of carbonyl (C=O) groups excluding carboxylic acids is 3. The molecule has 162 valence electrons. The summed E-state index contributed by atoms with van der Waals surface area (Å²) >= 11 is 0. The van der Waals surface area contributed by atoms with Gasteiger partial charge in [-0.25, -0.2) is 9.69 Å². The molecule has 3 aromatic carbocycles. The molecule has 0 unspecified atom stereocenters. The minimum Gasteiger partial charge on any atom is -0.312 e. The van der Waals surface area contributed by atoms with Crippen molar-refractivity contribution < 1.29 is 14.4 Å². The molecule has 0 radical (unpaired) electrons. The first kappa shape index (κ1) is 21.3. The number of rotatable bonds is 6. The van der Waals surface area contributed by atoms with Crippen molar-refractivity contribution in [2.45, 2.75) is 25.8 Å². The monoisotopic (exact) mass is 427 g/mol. The van der Waals surface area contributed by atoms with Crippen LogP contribution in [0.2, 0.25) is 0 Å². The number of nitrogens with one attached hydrogen (secondary N) is 1. The molecule has 0 aliphatic carbocycles. The van der Waals surface area contributed by atoms with Crippen LogP contribution < -0.4 is 10.2 Å². The molecule has 1 fully saturated rings. The van der Waals surface area contributed by atoms with E-state index in [0.717, 1.165) is 11.1 Å². The molecule has 1 atom stereocenters. The highest BCUT2D eigenvalue weighted by Crippen LogP contribution is 2.27. The Hall–Kier alpha value is -3.93. The van der Waals surface area contributed by atoms with Gasteiger partial charge in [0.1, 0.15) is 6.04 Å². The topological polar surface area (TPSA) is 69.7 Å². The van der Waals surface area contributed by atoms with Crippen LogP contribution in [-0.4, -0.2) is 35.3 Å². The maximum absolute atomic E-state index is 13.3. The zero-order valence-electron chi connectivity index (χ0n) is 17.9. The quantitative estimate of drug-likeness (QED) is 0.593. The van der Waals surface area contributed by atoms with Gasteiger partial charge in [0.25, 0.3) is 5.91 Å². The minimum absolute atomic E-state index is 0.0380. The lowest BCUT2D eigenvalue weighted by Crippen LogP contribution is -2.48. The number of hydrogen-bond donors (Lipinski definition) is 1. The van der Waals surface area contributed by atoms with Crippen LogP contribution in [0.3, 0.4) is 0 Å². The second kappa shape index (κ2) is 9.47. The minimum atomic E-state index is -0.851. The molecule has 1 aliphatic heterocycles. The van der Waals surface area contributed by atoms with Gasteiger partial charge >= 0.3 is 6.03 Å². The molecule has 32 heavy (non-hydrogen) atoms. The van der Waals surface area contributed by atoms with Crippen molar-refractivity contribution in [1.29, 1.82) is 0 Å². The molecule has 0 aromatic heterocycles. The molecular formula is C26H25N3O3. The Bertz CT molecular complexity index is 1100. The standard InChI is InChI=1S/C26H25N3O3/c1-19-12-14-22(15-13-19)29-24(30)18-23(25(29)31)28(17-16-20-8-4-2-5-9-20)26(32)27-21-10-6-3-7-11-21/h2-15,23H,16-18H2,1H3,(H,27,32)/t23-/m0/s1. The molecule has 4 rings (SSSR count). The Balaban J connectivity index is 1.58. The first-order valence-corrected chi connectivity index (χ1v) is 10.6. The van der Waals surface area contributed by atoms with Gasteiger partial charge in [0.2, 0.25) is 5.91 Å². The van der Waals surface area contributed by atoms with E-state index in [1.165, 1.54) is 9.80 Å². The lowest BCUT2D eigenvalue weighted by Gasteiger charge is -2.28. The van der Waals surface area contributed by atoms with Crippen LogP contribution in [0.1, 0.15) is 17.5 Å². The third-order valence-corrected chi connectivity index (χ3v) is 5.56. The Labute approximate surface area is 187 Å². The first-order valence-electron chi connectivity index (χ1n) is 10.6. The van der Waals surface area contributed by atoms with Gasteiger partial charge in [-0.15, -0.1) is 0 Å². The summed E-state index contributed by atoms with van der Waals surface area (Å²) in [6, 6.07) is 24.8. The summed E-state index contributed by atoms with van der Waals surface area (Å²) in [7, 11) is 0. The third-order valence-electron chi connectivity index (χ3n) is 5.56. The van der Waals surface area contributed by atoms with Crippen LogP contribution in [0.15, 0.2) is 84.9 Å². The molecule has 6 nitrogen and oxygen atoms in total. The average molecular weight is 428 g/mol. The number of hydrogen-bond acceptors (Lipinski definition) is 3. The highest BCUT2D eigenvalue weighted by atomic mass is 16.2. The van der Waals surface area contributed by atoms with E-state index in [-0.39, 0.29) is 18.2 Å². The Kier molecular flexibility index (Phi) is 6.31. The van der Waals surface area contributed by atoms with Gasteiger partial charge in [-0.1, -0.05) is 66.2 Å². The van der Waals surface area contributed by atoms with Crippen LogP contribution in [0.4, 0.5) is 16.2 Å². The van der Waals surface area contributed by atoms with E-state index in [9.17, 15) is 14.4 Å². The predicted octanol–water partition coefficient (Wildman–Crippen LogP) is 4.40. The van der Waals surface area contributed by atoms with Crippen molar-refractivity contribution in [2.75, 3.05) is 16.8 Å². The van der Waals surface area contributed by atoms with Gasteiger partial charge in [-0.2, -0.15) is 0 Å². The van der Waals surface area contributed by atoms with Crippen molar-refractivity contribution in [3.05, 3.63) is 96.1 Å². The number of benzene rings is 3. The molecule has 3 aromatic rings. The van der Waals surface area contributed by atoms with Crippen LogP contribution in [-0.2, 0) is 16.0 Å². The van der Waals surface area contributed by atoms with E-state index in [1.54, 1.807) is 24.3 Å². The summed E-state index contributed by atoms with van der Waals surface area (Å²) in [6.45, 7) is 2.26. The summed E-state index contributed by atoms with van der Waals surface area (Å²) in [5, 5.41) is 2.86. The zero-order chi connectivity index (χ0) is 22.5. The largest absolute Gasteiger partial charge is 0.322 e. The lowest BCUT2D eigenvalue weighted by atomic mass is 10.1. The number of aryl methyl sites for hydroxylation is 1. The summed E-state index contributed by atoms with van der Waals surface area (Å²) in [5.74, 6) is -0.684. The van der Waals surface area contributed by atoms with Gasteiger partial charge in [0.05, 0.1) is 12.1 Å². The number of anilines is 2. The summed E-state index contributed by atoms with van der Waals surface area (Å²) in [5.41, 5.74) is 3.25. The Morgan fingerprint density at radius 2 is 1.56 bits per heavy atom. The van der Waals surface area contributed by atoms with Crippen LogP contribution in [0.5, 0.6) is 0 Å². The Morgan fingerprint density at radius 3 is 2.22 bits per heavy atom. The number of nitrogens with zero attached hydrogens (tertiary/aromatic N) is 2. The Morgan fingerprint density at radius 1 is 0.938 bits per heavy atom. The van der Waals surface area contributed by atoms with Crippen molar-refractivity contribution in [3.63, 3.8) is 0 Å². The molecular weight excluding hydrogens is 402 g/mol. The maximum atomic E-state index is 13.3. The van der Waals surface area contributed by atoms with Gasteiger partial charge in [-0.3, -0.25) is 9.59 Å². The number of imide groups is 1. The number of para-hydroxylation sites is 1. The van der Waals surface area contributed by atoms with E-state index in [4.69, 9.17) is 0 Å². The summed E-state index contributed by atoms with van der Waals surface area (Å²) in [4.78, 5) is 41.9. The number of amides is 4. The van der Waals surface area contributed by atoms with E-state index < -0.39 is 12.1 Å². The second-order valence-corrected chi connectivity index (χ2v) is 7.85. The zero-order valence-corrected chi connectivity index (χ0v) is 17.9. The fourth-order valence-corrected chi connectivity index (χ4v) is 3.83. The van der Waals surface area contributed by atoms with Crippen molar-refractivity contribution in [3.8, 4) is 0 Å². The van der Waals surface area contributed by atoms with Crippen molar-refractivity contribution in [2.24, 2.45) is 0 Å². The maximum Gasteiger partial charge on any atom is 0.322 e. The van der Waals surface area contributed by atoms with Crippen molar-refractivity contribution >= 4 is 29.2 Å².